The maximum atomic E-state index is 5.29. The minimum absolute atomic E-state index is 0.538. The molecule has 0 aliphatic carbocycles. The van der Waals surface area contributed by atoms with Crippen LogP contribution in [-0.4, -0.2) is 26.3 Å². The maximum Gasteiger partial charge on any atom is 0.416 e. The van der Waals surface area contributed by atoms with Gasteiger partial charge in [-0.15, -0.1) is 0 Å². The van der Waals surface area contributed by atoms with Crippen LogP contribution in [0.15, 0.2) is 0 Å². The summed E-state index contributed by atoms with van der Waals surface area (Å²) in [7, 11) is 2.63. The fourth-order valence-corrected chi connectivity index (χ4v) is 2.79. The third kappa shape index (κ3) is 3.36. The van der Waals surface area contributed by atoms with E-state index in [2.05, 4.69) is 27.7 Å². The van der Waals surface area contributed by atoms with E-state index in [4.69, 9.17) is 9.05 Å². The van der Waals surface area contributed by atoms with Crippen LogP contribution in [0.4, 0.5) is 0 Å². The van der Waals surface area contributed by atoms with Gasteiger partial charge in [-0.05, 0) is 27.7 Å². The molecule has 1 N–H and O–H groups in total. The van der Waals surface area contributed by atoms with Crippen molar-refractivity contribution in [3.05, 3.63) is 0 Å². The first-order valence-corrected chi connectivity index (χ1v) is 5.47. The smallest absolute Gasteiger partial charge is 0.291 e. The van der Waals surface area contributed by atoms with Gasteiger partial charge in [0.2, 0.25) is 0 Å². The summed E-state index contributed by atoms with van der Waals surface area (Å²) in [6, 6.07) is 1.08. The van der Waals surface area contributed by atoms with E-state index in [0.29, 0.717) is 12.1 Å². The lowest BCUT2D eigenvalue weighted by atomic mass is 10.3. The second kappa shape index (κ2) is 5.87. The molecule has 0 amide bonds. The van der Waals surface area contributed by atoms with Crippen molar-refractivity contribution in [2.45, 2.75) is 39.8 Å². The van der Waals surface area contributed by atoms with Gasteiger partial charge in [-0.25, -0.2) is 0 Å². The highest BCUT2D eigenvalue weighted by atomic mass is 31.2. The molecule has 4 heteroatoms. The average molecular weight is 194 g/mol. The van der Waals surface area contributed by atoms with Crippen LogP contribution in [0.1, 0.15) is 27.7 Å². The largest absolute Gasteiger partial charge is 0.416 e. The van der Waals surface area contributed by atoms with E-state index in [1.807, 2.05) is 0 Å². The van der Waals surface area contributed by atoms with Crippen molar-refractivity contribution in [1.82, 2.24) is 0 Å². The van der Waals surface area contributed by atoms with Crippen LogP contribution in [0.25, 0.3) is 0 Å². The van der Waals surface area contributed by atoms with Crippen LogP contribution in [-0.2, 0) is 9.05 Å². The lowest BCUT2D eigenvalue weighted by molar-refractivity contribution is -0.828. The molecule has 0 heterocycles. The maximum absolute atomic E-state index is 5.29. The zero-order chi connectivity index (χ0) is 9.72. The third-order valence-electron chi connectivity index (χ3n) is 1.73. The Morgan fingerprint density at radius 2 is 1.25 bits per heavy atom. The molecular weight excluding hydrogens is 173 g/mol. The Bertz CT molecular complexity index is 108. The minimum atomic E-state index is -0.782. The summed E-state index contributed by atoms with van der Waals surface area (Å²) in [5.41, 5.74) is 0. The lowest BCUT2D eigenvalue weighted by Gasteiger charge is -2.29. The number of quaternary nitrogens is 1. The summed E-state index contributed by atoms with van der Waals surface area (Å²) in [6.45, 7) is 8.73. The van der Waals surface area contributed by atoms with Crippen LogP contribution in [0.5, 0.6) is 0 Å². The van der Waals surface area contributed by atoms with Gasteiger partial charge >= 0.3 is 8.53 Å². The molecule has 0 aromatic rings. The third-order valence-corrected chi connectivity index (χ3v) is 3.84. The molecule has 0 aliphatic rings. The first-order valence-electron chi connectivity index (χ1n) is 4.29. The van der Waals surface area contributed by atoms with Crippen molar-refractivity contribution in [2.75, 3.05) is 14.2 Å². The molecule has 0 radical (unpaired) electrons. The lowest BCUT2D eigenvalue weighted by Crippen LogP contribution is -3.12. The number of hydrogen-bond acceptors (Lipinski definition) is 2. The van der Waals surface area contributed by atoms with Gasteiger partial charge < -0.3 is 0 Å². The first kappa shape index (κ1) is 12.3. The van der Waals surface area contributed by atoms with Gasteiger partial charge in [0.05, 0.1) is 12.1 Å². The molecule has 0 atom stereocenters. The van der Waals surface area contributed by atoms with E-state index in [-0.39, 0.29) is 0 Å². The first-order chi connectivity index (χ1) is 5.54. The van der Waals surface area contributed by atoms with Crippen molar-refractivity contribution in [2.24, 2.45) is 0 Å². The Hall–Kier alpha value is 0.310. The Morgan fingerprint density at radius 1 is 0.917 bits per heavy atom. The van der Waals surface area contributed by atoms with Crippen molar-refractivity contribution in [3.8, 4) is 0 Å². The predicted octanol–water partition coefficient (Wildman–Crippen LogP) is 1.21. The molecule has 0 saturated heterocycles. The summed E-state index contributed by atoms with van der Waals surface area (Å²) in [4.78, 5) is 0. The zero-order valence-corrected chi connectivity index (χ0v) is 9.81. The standard InChI is InChI=1S/C8H20NO2P/c1-7(2)9(8(3)4)12(10-5)11-6/h7-8H,1-6H3/p+1. The monoisotopic (exact) mass is 194 g/mol. The molecule has 0 aliphatic heterocycles. The molecule has 74 valence electrons. The van der Waals surface area contributed by atoms with Crippen LogP contribution in [0.3, 0.4) is 0 Å². The summed E-state index contributed by atoms with van der Waals surface area (Å²) < 4.78 is 12.0. The molecular formula is C8H21NO2P+. The minimum Gasteiger partial charge on any atom is -0.291 e. The van der Waals surface area contributed by atoms with E-state index >= 15 is 0 Å². The Balaban J connectivity index is 4.26. The summed E-state index contributed by atoms with van der Waals surface area (Å²) in [5.74, 6) is 0. The summed E-state index contributed by atoms with van der Waals surface area (Å²) in [6.07, 6.45) is 0. The second-order valence-corrected chi connectivity index (χ2v) is 5.12. The molecule has 3 nitrogen and oxygen atoms in total. The van der Waals surface area contributed by atoms with Crippen molar-refractivity contribution in [1.29, 1.82) is 0 Å². The molecule has 0 aromatic heterocycles. The van der Waals surface area contributed by atoms with Crippen LogP contribution in [0.2, 0.25) is 0 Å². The van der Waals surface area contributed by atoms with E-state index in [1.165, 1.54) is 4.67 Å². The molecule has 12 heavy (non-hydrogen) atoms. The Labute approximate surface area is 77.0 Å². The molecule has 0 fully saturated rings. The van der Waals surface area contributed by atoms with Crippen molar-refractivity contribution >= 4 is 8.53 Å². The Morgan fingerprint density at radius 3 is 1.33 bits per heavy atom. The van der Waals surface area contributed by atoms with Gasteiger partial charge in [-0.3, -0.25) is 13.7 Å². The van der Waals surface area contributed by atoms with E-state index in [9.17, 15) is 0 Å². The highest BCUT2D eigenvalue weighted by Crippen LogP contribution is 2.26. The van der Waals surface area contributed by atoms with Crippen LogP contribution in [0, 0.1) is 0 Å². The molecule has 0 unspecified atom stereocenters. The van der Waals surface area contributed by atoms with Gasteiger partial charge in [0, 0.05) is 14.2 Å². The van der Waals surface area contributed by atoms with Crippen molar-refractivity contribution < 1.29 is 13.7 Å². The van der Waals surface area contributed by atoms with Gasteiger partial charge in [-0.2, -0.15) is 0 Å². The molecule has 0 rings (SSSR count). The van der Waals surface area contributed by atoms with E-state index in [1.54, 1.807) is 14.2 Å². The molecule has 0 spiro atoms. The van der Waals surface area contributed by atoms with Gasteiger partial charge in [0.25, 0.3) is 0 Å². The highest BCUT2D eigenvalue weighted by molar-refractivity contribution is 7.39. The normalized spacial score (nSPS) is 12.5. The predicted molar refractivity (Wildman–Crippen MR) is 52.2 cm³/mol. The van der Waals surface area contributed by atoms with Crippen LogP contribution < -0.4 is 4.67 Å². The number of nitrogens with one attached hydrogen (secondary N) is 1. The van der Waals surface area contributed by atoms with Gasteiger partial charge in [-0.1, -0.05) is 0 Å². The van der Waals surface area contributed by atoms with E-state index in [0.717, 1.165) is 0 Å². The van der Waals surface area contributed by atoms with Gasteiger partial charge in [0.1, 0.15) is 0 Å². The number of hydrogen-bond donors (Lipinski definition) is 1. The summed E-state index contributed by atoms with van der Waals surface area (Å²) in [5, 5.41) is 0. The quantitative estimate of drug-likeness (QED) is 0.665. The van der Waals surface area contributed by atoms with Crippen molar-refractivity contribution in [3.63, 3.8) is 0 Å². The fraction of sp³-hybridized carbons (Fsp3) is 1.00. The second-order valence-electron chi connectivity index (χ2n) is 3.36. The highest BCUT2D eigenvalue weighted by Gasteiger charge is 2.30. The average Bonchev–Trinajstić information content (AvgIpc) is 1.98. The summed E-state index contributed by atoms with van der Waals surface area (Å²) >= 11 is 0. The zero-order valence-electron chi connectivity index (χ0n) is 8.92. The topological polar surface area (TPSA) is 22.9 Å². The van der Waals surface area contributed by atoms with Gasteiger partial charge in [0.15, 0.2) is 0 Å². The Kier molecular flexibility index (Phi) is 6.02. The van der Waals surface area contributed by atoms with Crippen LogP contribution >= 0.6 is 8.53 Å². The number of rotatable bonds is 5. The molecule has 0 saturated carbocycles. The SMILES string of the molecule is COP(OC)[NH+](C(C)C)C(C)C. The van der Waals surface area contributed by atoms with E-state index < -0.39 is 8.53 Å². The molecule has 0 bridgehead atoms. The fourth-order valence-electron chi connectivity index (χ4n) is 1.37. The molecule has 0 aromatic carbocycles.